The third-order valence-corrected chi connectivity index (χ3v) is 5.35. The Hall–Kier alpha value is -3.41. The minimum atomic E-state index is -0.416. The molecule has 0 aliphatic carbocycles. The van der Waals surface area contributed by atoms with E-state index in [9.17, 15) is 4.79 Å². The second kappa shape index (κ2) is 8.95. The van der Waals surface area contributed by atoms with Crippen molar-refractivity contribution in [2.24, 2.45) is 0 Å². The zero-order chi connectivity index (χ0) is 20.9. The van der Waals surface area contributed by atoms with E-state index in [-0.39, 0.29) is 5.91 Å². The zero-order valence-electron chi connectivity index (χ0n) is 17.5. The fourth-order valence-electron chi connectivity index (χ4n) is 3.85. The van der Waals surface area contributed by atoms with E-state index in [1.165, 1.54) is 0 Å². The summed E-state index contributed by atoms with van der Waals surface area (Å²) in [4.78, 5) is 26.8. The second-order valence-corrected chi connectivity index (χ2v) is 7.74. The summed E-state index contributed by atoms with van der Waals surface area (Å²) >= 11 is 0. The fourth-order valence-corrected chi connectivity index (χ4v) is 3.85. The molecule has 0 radical (unpaired) electrons. The Bertz CT molecular complexity index is 945. The topological polar surface area (TPSA) is 61.4 Å². The van der Waals surface area contributed by atoms with Crippen molar-refractivity contribution in [1.29, 1.82) is 0 Å². The van der Waals surface area contributed by atoms with Crippen LogP contribution in [0.25, 0.3) is 0 Å². The Morgan fingerprint density at radius 1 is 0.967 bits per heavy atom. The van der Waals surface area contributed by atoms with E-state index in [2.05, 4.69) is 15.2 Å². The van der Waals surface area contributed by atoms with E-state index in [1.807, 2.05) is 79.7 Å². The van der Waals surface area contributed by atoms with Crippen LogP contribution >= 0.6 is 0 Å². The lowest BCUT2D eigenvalue weighted by Crippen LogP contribution is -2.26. The van der Waals surface area contributed by atoms with Crippen LogP contribution in [-0.4, -0.2) is 43.1 Å². The molecule has 1 amide bonds. The van der Waals surface area contributed by atoms with Crippen molar-refractivity contribution in [1.82, 2.24) is 9.97 Å². The predicted octanol–water partition coefficient (Wildman–Crippen LogP) is 3.91. The fraction of sp³-hybridized carbons (Fsp3) is 0.292. The van der Waals surface area contributed by atoms with Crippen LogP contribution in [0.5, 0.6) is 0 Å². The van der Waals surface area contributed by atoms with Gasteiger partial charge in [-0.15, -0.1) is 0 Å². The van der Waals surface area contributed by atoms with Gasteiger partial charge in [0.15, 0.2) is 5.82 Å². The molecule has 6 nitrogen and oxygen atoms in total. The summed E-state index contributed by atoms with van der Waals surface area (Å²) in [6.07, 6.45) is 4.05. The number of carbonyl (C=O) groups is 1. The monoisotopic (exact) mass is 401 g/mol. The molecule has 4 rings (SSSR count). The maximum absolute atomic E-state index is 13.4. The van der Waals surface area contributed by atoms with Crippen molar-refractivity contribution in [2.45, 2.75) is 18.8 Å². The molecule has 0 bridgehead atoms. The van der Waals surface area contributed by atoms with Gasteiger partial charge in [0.1, 0.15) is 5.69 Å². The Morgan fingerprint density at radius 2 is 1.53 bits per heavy atom. The van der Waals surface area contributed by atoms with E-state index < -0.39 is 5.92 Å². The van der Waals surface area contributed by atoms with E-state index >= 15 is 0 Å². The summed E-state index contributed by atoms with van der Waals surface area (Å²) in [5, 5.41) is 3.08. The minimum Gasteiger partial charge on any atom is -0.361 e. The predicted molar refractivity (Wildman–Crippen MR) is 121 cm³/mol. The van der Waals surface area contributed by atoms with Gasteiger partial charge < -0.3 is 15.1 Å². The lowest BCUT2D eigenvalue weighted by Gasteiger charge is -2.23. The highest BCUT2D eigenvalue weighted by Gasteiger charge is 2.25. The maximum atomic E-state index is 13.4. The van der Waals surface area contributed by atoms with Crippen LogP contribution < -0.4 is 15.1 Å². The highest BCUT2D eigenvalue weighted by molar-refractivity contribution is 6.00. The van der Waals surface area contributed by atoms with Gasteiger partial charge in [-0.05, 0) is 24.0 Å². The molecule has 1 aliphatic heterocycles. The van der Waals surface area contributed by atoms with Crippen LogP contribution in [0.3, 0.4) is 0 Å². The van der Waals surface area contributed by atoms with Crippen molar-refractivity contribution < 1.29 is 4.79 Å². The molecule has 1 aliphatic rings. The molecule has 30 heavy (non-hydrogen) atoms. The number of nitrogens with one attached hydrogen (secondary N) is 1. The molecule has 1 saturated heterocycles. The first-order valence-electron chi connectivity index (χ1n) is 10.3. The van der Waals surface area contributed by atoms with Gasteiger partial charge in [0.05, 0.1) is 12.1 Å². The molecule has 0 unspecified atom stereocenters. The summed E-state index contributed by atoms with van der Waals surface area (Å²) in [6.45, 7) is 1.95. The van der Waals surface area contributed by atoms with Crippen molar-refractivity contribution >= 4 is 23.4 Å². The average molecular weight is 402 g/mol. The quantitative estimate of drug-likeness (QED) is 0.678. The maximum Gasteiger partial charge on any atom is 0.236 e. The summed E-state index contributed by atoms with van der Waals surface area (Å²) in [5.74, 6) is 0.908. The van der Waals surface area contributed by atoms with Crippen LogP contribution in [0, 0.1) is 0 Å². The summed E-state index contributed by atoms with van der Waals surface area (Å²) in [6, 6.07) is 19.7. The second-order valence-electron chi connectivity index (χ2n) is 7.74. The summed E-state index contributed by atoms with van der Waals surface area (Å²) in [5.41, 5.74) is 2.51. The molecular weight excluding hydrogens is 374 g/mol. The van der Waals surface area contributed by atoms with E-state index in [0.29, 0.717) is 11.5 Å². The number of carbonyl (C=O) groups excluding carboxylic acids is 1. The third-order valence-electron chi connectivity index (χ3n) is 5.35. The van der Waals surface area contributed by atoms with Crippen molar-refractivity contribution in [3.05, 3.63) is 78.0 Å². The number of rotatable bonds is 6. The lowest BCUT2D eigenvalue weighted by molar-refractivity contribution is -0.116. The number of aromatic nitrogens is 2. The molecule has 0 saturated carbocycles. The molecule has 6 heteroatoms. The van der Waals surface area contributed by atoms with Gasteiger partial charge in [0.2, 0.25) is 11.9 Å². The zero-order valence-corrected chi connectivity index (χ0v) is 17.5. The van der Waals surface area contributed by atoms with Gasteiger partial charge in [0.25, 0.3) is 0 Å². The van der Waals surface area contributed by atoms with Gasteiger partial charge in [-0.1, -0.05) is 60.7 Å². The molecule has 1 N–H and O–H groups in total. The normalized spacial score (nSPS) is 13.5. The summed E-state index contributed by atoms with van der Waals surface area (Å²) < 4.78 is 0. The van der Waals surface area contributed by atoms with E-state index in [0.717, 1.165) is 43.0 Å². The summed E-state index contributed by atoms with van der Waals surface area (Å²) in [7, 11) is 3.86. The van der Waals surface area contributed by atoms with Gasteiger partial charge >= 0.3 is 0 Å². The Kier molecular flexibility index (Phi) is 5.93. The smallest absolute Gasteiger partial charge is 0.236 e. The van der Waals surface area contributed by atoms with Gasteiger partial charge in [-0.25, -0.2) is 4.98 Å². The number of anilines is 3. The molecule has 3 aromatic rings. The first kappa shape index (κ1) is 19.9. The van der Waals surface area contributed by atoms with Crippen molar-refractivity contribution in [3.63, 3.8) is 0 Å². The highest BCUT2D eigenvalue weighted by atomic mass is 16.1. The SMILES string of the molecule is CN(C)c1nc(N2CCCC2)ncc1NC(=O)C(c1ccccc1)c1ccccc1. The number of hydrogen-bond donors (Lipinski definition) is 1. The number of amides is 1. The van der Waals surface area contributed by atoms with Crippen LogP contribution in [-0.2, 0) is 4.79 Å². The Labute approximate surface area is 177 Å². The Morgan fingerprint density at radius 3 is 2.07 bits per heavy atom. The number of hydrogen-bond acceptors (Lipinski definition) is 5. The lowest BCUT2D eigenvalue weighted by atomic mass is 9.90. The average Bonchev–Trinajstić information content (AvgIpc) is 3.30. The standard InChI is InChI=1S/C24H27N5O/c1-28(2)22-20(17-25-24(27-22)29-15-9-10-16-29)26-23(30)21(18-11-5-3-6-12-18)19-13-7-4-8-14-19/h3-8,11-14,17,21H,9-10,15-16H2,1-2H3,(H,26,30). The van der Waals surface area contributed by atoms with Crippen LogP contribution in [0.4, 0.5) is 17.5 Å². The molecule has 0 spiro atoms. The van der Waals surface area contributed by atoms with Gasteiger partial charge in [-0.3, -0.25) is 4.79 Å². The van der Waals surface area contributed by atoms with Crippen molar-refractivity contribution in [3.8, 4) is 0 Å². The molecule has 2 aromatic carbocycles. The largest absolute Gasteiger partial charge is 0.361 e. The third kappa shape index (κ3) is 4.27. The first-order valence-corrected chi connectivity index (χ1v) is 10.3. The van der Waals surface area contributed by atoms with Crippen molar-refractivity contribution in [2.75, 3.05) is 42.3 Å². The number of benzene rings is 2. The van der Waals surface area contributed by atoms with Crippen LogP contribution in [0.2, 0.25) is 0 Å². The molecule has 0 atom stereocenters. The van der Waals surface area contributed by atoms with E-state index in [4.69, 9.17) is 4.98 Å². The van der Waals surface area contributed by atoms with Crippen LogP contribution in [0.15, 0.2) is 66.9 Å². The number of nitrogens with zero attached hydrogens (tertiary/aromatic N) is 4. The minimum absolute atomic E-state index is 0.104. The van der Waals surface area contributed by atoms with Gasteiger partial charge in [-0.2, -0.15) is 4.98 Å². The Balaban J connectivity index is 1.65. The molecule has 1 fully saturated rings. The van der Waals surface area contributed by atoms with Crippen LogP contribution in [0.1, 0.15) is 29.9 Å². The molecule has 1 aromatic heterocycles. The molecular formula is C24H27N5O. The molecule has 154 valence electrons. The van der Waals surface area contributed by atoms with Gasteiger partial charge in [0, 0.05) is 27.2 Å². The first-order chi connectivity index (χ1) is 14.6. The highest BCUT2D eigenvalue weighted by Crippen LogP contribution is 2.29. The van der Waals surface area contributed by atoms with E-state index in [1.54, 1.807) is 6.20 Å². The molecule has 2 heterocycles.